The van der Waals surface area contributed by atoms with Gasteiger partial charge < -0.3 is 15.5 Å². The van der Waals surface area contributed by atoms with E-state index in [9.17, 15) is 9.59 Å². The molecule has 1 aliphatic rings. The fourth-order valence-corrected chi connectivity index (χ4v) is 2.43. The summed E-state index contributed by atoms with van der Waals surface area (Å²) in [5.41, 5.74) is 5.65. The number of amides is 2. The SMILES string of the molecule is CCN(CC)C(=O)CN1CCN(C(=O)CC(C)N)CC1. The first-order valence-corrected chi connectivity index (χ1v) is 7.51. The van der Waals surface area contributed by atoms with Gasteiger partial charge in [-0.15, -0.1) is 0 Å². The Bertz CT molecular complexity index is 321. The number of likely N-dealkylation sites (N-methyl/N-ethyl adjacent to an activating group) is 1. The van der Waals surface area contributed by atoms with Crippen molar-refractivity contribution in [3.05, 3.63) is 0 Å². The highest BCUT2D eigenvalue weighted by Crippen LogP contribution is 2.05. The molecule has 0 aromatic heterocycles. The van der Waals surface area contributed by atoms with Crippen LogP contribution in [0.25, 0.3) is 0 Å². The molecule has 1 unspecified atom stereocenters. The van der Waals surface area contributed by atoms with Crippen molar-refractivity contribution in [3.63, 3.8) is 0 Å². The van der Waals surface area contributed by atoms with Crippen molar-refractivity contribution >= 4 is 11.8 Å². The first-order valence-electron chi connectivity index (χ1n) is 7.51. The van der Waals surface area contributed by atoms with Gasteiger partial charge in [0.1, 0.15) is 0 Å². The molecular formula is C14H28N4O2. The van der Waals surface area contributed by atoms with E-state index in [1.54, 1.807) is 0 Å². The van der Waals surface area contributed by atoms with Crippen molar-refractivity contribution in [2.75, 3.05) is 45.8 Å². The second kappa shape index (κ2) is 8.21. The van der Waals surface area contributed by atoms with Crippen LogP contribution in [0.3, 0.4) is 0 Å². The number of nitrogens with two attached hydrogens (primary N) is 1. The number of carbonyl (C=O) groups is 2. The molecule has 0 radical (unpaired) electrons. The first kappa shape index (κ1) is 16.9. The predicted octanol–water partition coefficient (Wildman–Crippen LogP) is -0.264. The van der Waals surface area contributed by atoms with Crippen molar-refractivity contribution in [3.8, 4) is 0 Å². The molecule has 1 heterocycles. The van der Waals surface area contributed by atoms with Gasteiger partial charge in [-0.05, 0) is 20.8 Å². The van der Waals surface area contributed by atoms with Gasteiger partial charge in [-0.3, -0.25) is 14.5 Å². The van der Waals surface area contributed by atoms with E-state index in [-0.39, 0.29) is 17.9 Å². The fraction of sp³-hybridized carbons (Fsp3) is 0.857. The average Bonchev–Trinajstić information content (AvgIpc) is 2.40. The summed E-state index contributed by atoms with van der Waals surface area (Å²) >= 11 is 0. The molecule has 0 saturated carbocycles. The van der Waals surface area contributed by atoms with Crippen LogP contribution in [-0.4, -0.2) is 78.4 Å². The smallest absolute Gasteiger partial charge is 0.236 e. The van der Waals surface area contributed by atoms with E-state index in [0.717, 1.165) is 26.2 Å². The van der Waals surface area contributed by atoms with E-state index in [1.807, 2.05) is 30.6 Å². The third kappa shape index (κ3) is 5.09. The number of piperazine rings is 1. The highest BCUT2D eigenvalue weighted by Gasteiger charge is 2.23. The topological polar surface area (TPSA) is 69.9 Å². The van der Waals surface area contributed by atoms with Crippen LogP contribution in [0.1, 0.15) is 27.2 Å². The Kier molecular flexibility index (Phi) is 6.95. The number of hydrogen-bond donors (Lipinski definition) is 1. The van der Waals surface area contributed by atoms with E-state index in [0.29, 0.717) is 26.1 Å². The maximum Gasteiger partial charge on any atom is 0.236 e. The van der Waals surface area contributed by atoms with E-state index in [1.165, 1.54) is 0 Å². The molecule has 116 valence electrons. The average molecular weight is 284 g/mol. The molecule has 1 saturated heterocycles. The van der Waals surface area contributed by atoms with Crippen molar-refractivity contribution in [2.24, 2.45) is 5.73 Å². The Morgan fingerprint density at radius 1 is 1.15 bits per heavy atom. The Morgan fingerprint density at radius 2 is 1.70 bits per heavy atom. The van der Waals surface area contributed by atoms with Gasteiger partial charge >= 0.3 is 0 Å². The third-order valence-corrected chi connectivity index (χ3v) is 3.70. The Balaban J connectivity index is 2.35. The van der Waals surface area contributed by atoms with Crippen molar-refractivity contribution in [1.82, 2.24) is 14.7 Å². The van der Waals surface area contributed by atoms with Gasteiger partial charge in [-0.1, -0.05) is 0 Å². The van der Waals surface area contributed by atoms with Crippen molar-refractivity contribution in [1.29, 1.82) is 0 Å². The molecule has 1 fully saturated rings. The summed E-state index contributed by atoms with van der Waals surface area (Å²) in [4.78, 5) is 29.7. The molecular weight excluding hydrogens is 256 g/mol. The minimum atomic E-state index is -0.0928. The minimum absolute atomic E-state index is 0.0928. The zero-order valence-electron chi connectivity index (χ0n) is 13.0. The lowest BCUT2D eigenvalue weighted by atomic mass is 10.2. The highest BCUT2D eigenvalue weighted by atomic mass is 16.2. The summed E-state index contributed by atoms with van der Waals surface area (Å²) < 4.78 is 0. The van der Waals surface area contributed by atoms with Crippen LogP contribution in [0.4, 0.5) is 0 Å². The molecule has 1 aliphatic heterocycles. The molecule has 0 aromatic rings. The van der Waals surface area contributed by atoms with Gasteiger partial charge in [0, 0.05) is 51.7 Å². The number of hydrogen-bond acceptors (Lipinski definition) is 4. The van der Waals surface area contributed by atoms with Crippen LogP contribution in [0.15, 0.2) is 0 Å². The molecule has 1 rings (SSSR count). The van der Waals surface area contributed by atoms with Gasteiger partial charge in [-0.2, -0.15) is 0 Å². The van der Waals surface area contributed by atoms with Crippen LogP contribution < -0.4 is 5.73 Å². The maximum absolute atomic E-state index is 12.0. The maximum atomic E-state index is 12.0. The molecule has 6 heteroatoms. The number of rotatable bonds is 6. The highest BCUT2D eigenvalue weighted by molar-refractivity contribution is 5.78. The Hall–Kier alpha value is -1.14. The molecule has 20 heavy (non-hydrogen) atoms. The second-order valence-electron chi connectivity index (χ2n) is 5.40. The third-order valence-electron chi connectivity index (χ3n) is 3.70. The van der Waals surface area contributed by atoms with Crippen LogP contribution in [0, 0.1) is 0 Å². The van der Waals surface area contributed by atoms with Gasteiger partial charge in [0.05, 0.1) is 6.54 Å². The Labute approximate surface area is 121 Å². The molecule has 0 spiro atoms. The molecule has 1 atom stereocenters. The standard InChI is InChI=1S/C14H28N4O2/c1-4-17(5-2)14(20)11-16-6-8-18(9-7-16)13(19)10-12(3)15/h12H,4-11,15H2,1-3H3. The van der Waals surface area contributed by atoms with Gasteiger partial charge in [0.25, 0.3) is 0 Å². The predicted molar refractivity (Wildman–Crippen MR) is 79.2 cm³/mol. The van der Waals surface area contributed by atoms with Gasteiger partial charge in [-0.25, -0.2) is 0 Å². The van der Waals surface area contributed by atoms with Crippen LogP contribution in [0.2, 0.25) is 0 Å². The summed E-state index contributed by atoms with van der Waals surface area (Å²) in [7, 11) is 0. The van der Waals surface area contributed by atoms with Crippen molar-refractivity contribution < 1.29 is 9.59 Å². The van der Waals surface area contributed by atoms with Crippen molar-refractivity contribution in [2.45, 2.75) is 33.2 Å². The molecule has 2 N–H and O–H groups in total. The Morgan fingerprint density at radius 3 is 2.15 bits per heavy atom. The lowest BCUT2D eigenvalue weighted by molar-refractivity contribution is -0.135. The monoisotopic (exact) mass is 284 g/mol. The summed E-state index contributed by atoms with van der Waals surface area (Å²) in [5.74, 6) is 0.292. The van der Waals surface area contributed by atoms with Crippen LogP contribution in [-0.2, 0) is 9.59 Å². The summed E-state index contributed by atoms with van der Waals surface area (Å²) in [6, 6.07) is -0.0928. The van der Waals surface area contributed by atoms with Crippen LogP contribution >= 0.6 is 0 Å². The van der Waals surface area contributed by atoms with E-state index in [2.05, 4.69) is 4.90 Å². The van der Waals surface area contributed by atoms with E-state index in [4.69, 9.17) is 5.73 Å². The fourth-order valence-electron chi connectivity index (χ4n) is 2.43. The lowest BCUT2D eigenvalue weighted by Crippen LogP contribution is -2.52. The quantitative estimate of drug-likeness (QED) is 0.729. The summed E-state index contributed by atoms with van der Waals surface area (Å²) in [5, 5.41) is 0. The molecule has 2 amide bonds. The summed E-state index contributed by atoms with van der Waals surface area (Å²) in [6.45, 7) is 10.7. The molecule has 6 nitrogen and oxygen atoms in total. The summed E-state index contributed by atoms with van der Waals surface area (Å²) in [6.07, 6.45) is 0.401. The zero-order chi connectivity index (χ0) is 15.1. The van der Waals surface area contributed by atoms with E-state index < -0.39 is 0 Å². The number of nitrogens with zero attached hydrogens (tertiary/aromatic N) is 3. The zero-order valence-corrected chi connectivity index (χ0v) is 13.0. The molecule has 0 bridgehead atoms. The normalized spacial score (nSPS) is 17.9. The molecule has 0 aromatic carbocycles. The van der Waals surface area contributed by atoms with Gasteiger partial charge in [0.15, 0.2) is 0 Å². The molecule has 0 aliphatic carbocycles. The lowest BCUT2D eigenvalue weighted by Gasteiger charge is -2.35. The van der Waals surface area contributed by atoms with Crippen LogP contribution in [0.5, 0.6) is 0 Å². The number of carbonyl (C=O) groups excluding carboxylic acids is 2. The minimum Gasteiger partial charge on any atom is -0.342 e. The largest absolute Gasteiger partial charge is 0.342 e. The van der Waals surface area contributed by atoms with E-state index >= 15 is 0 Å². The first-order chi connectivity index (χ1) is 9.47. The second-order valence-corrected chi connectivity index (χ2v) is 5.40. The van der Waals surface area contributed by atoms with Gasteiger partial charge in [0.2, 0.25) is 11.8 Å².